The molecule has 17 heavy (non-hydrogen) atoms. The van der Waals surface area contributed by atoms with Crippen LogP contribution in [0.2, 0.25) is 0 Å². The summed E-state index contributed by atoms with van der Waals surface area (Å²) in [6.45, 7) is 8.27. The summed E-state index contributed by atoms with van der Waals surface area (Å²) in [5.41, 5.74) is 0. The first-order valence-electron chi connectivity index (χ1n) is 6.82. The lowest BCUT2D eigenvalue weighted by atomic mass is 9.91. The molecule has 1 rings (SSSR count). The number of likely N-dealkylation sites (tertiary alicyclic amines) is 1. The normalized spacial score (nSPS) is 25.8. The number of hydrogen-bond acceptors (Lipinski definition) is 4. The van der Waals surface area contributed by atoms with Gasteiger partial charge < -0.3 is 20.1 Å². The van der Waals surface area contributed by atoms with E-state index in [0.717, 1.165) is 19.6 Å². The van der Waals surface area contributed by atoms with E-state index >= 15 is 0 Å². The first kappa shape index (κ1) is 14.9. The van der Waals surface area contributed by atoms with E-state index < -0.39 is 0 Å². The molecule has 2 N–H and O–H groups in total. The Morgan fingerprint density at radius 2 is 2.29 bits per heavy atom. The molecule has 3 unspecified atom stereocenters. The Morgan fingerprint density at radius 3 is 2.94 bits per heavy atom. The van der Waals surface area contributed by atoms with E-state index in [0.29, 0.717) is 25.2 Å². The predicted octanol–water partition coefficient (Wildman–Crippen LogP) is 0.704. The van der Waals surface area contributed by atoms with E-state index in [4.69, 9.17) is 4.74 Å². The number of aliphatic hydroxyl groups is 1. The van der Waals surface area contributed by atoms with Crippen LogP contribution >= 0.6 is 0 Å². The van der Waals surface area contributed by atoms with Gasteiger partial charge in [0.1, 0.15) is 0 Å². The Kier molecular flexibility index (Phi) is 7.04. The molecule has 0 aromatic rings. The van der Waals surface area contributed by atoms with Gasteiger partial charge in [-0.1, -0.05) is 0 Å². The van der Waals surface area contributed by atoms with Crippen molar-refractivity contribution in [3.8, 4) is 0 Å². The van der Waals surface area contributed by atoms with E-state index in [1.165, 1.54) is 12.8 Å². The highest BCUT2D eigenvalue weighted by molar-refractivity contribution is 4.80. The number of nitrogens with zero attached hydrogens (tertiary/aromatic N) is 1. The van der Waals surface area contributed by atoms with Gasteiger partial charge in [0, 0.05) is 25.7 Å². The zero-order chi connectivity index (χ0) is 12.7. The van der Waals surface area contributed by atoms with Crippen LogP contribution < -0.4 is 5.32 Å². The third-order valence-corrected chi connectivity index (χ3v) is 3.69. The van der Waals surface area contributed by atoms with Crippen molar-refractivity contribution in [1.29, 1.82) is 0 Å². The summed E-state index contributed by atoms with van der Waals surface area (Å²) in [6.07, 6.45) is 2.18. The van der Waals surface area contributed by atoms with Gasteiger partial charge in [0.2, 0.25) is 0 Å². The fourth-order valence-corrected chi connectivity index (χ4v) is 2.51. The van der Waals surface area contributed by atoms with Crippen molar-refractivity contribution in [2.24, 2.45) is 5.92 Å². The largest absolute Gasteiger partial charge is 0.389 e. The molecule has 1 aliphatic rings. The number of rotatable bonds is 7. The van der Waals surface area contributed by atoms with Crippen molar-refractivity contribution in [2.45, 2.75) is 38.8 Å². The summed E-state index contributed by atoms with van der Waals surface area (Å²) in [4.78, 5) is 2.37. The molecule has 0 amide bonds. The van der Waals surface area contributed by atoms with E-state index in [1.54, 1.807) is 0 Å². The van der Waals surface area contributed by atoms with Crippen molar-refractivity contribution in [3.63, 3.8) is 0 Å². The van der Waals surface area contributed by atoms with Gasteiger partial charge in [0.25, 0.3) is 0 Å². The van der Waals surface area contributed by atoms with Crippen molar-refractivity contribution in [2.75, 3.05) is 39.9 Å². The average Bonchev–Trinajstić information content (AvgIpc) is 2.35. The van der Waals surface area contributed by atoms with Crippen molar-refractivity contribution < 1.29 is 9.84 Å². The molecular formula is C13H28N2O2. The molecule has 0 radical (unpaired) electrons. The van der Waals surface area contributed by atoms with Crippen LogP contribution in [0.1, 0.15) is 26.7 Å². The molecule has 1 saturated heterocycles. The van der Waals surface area contributed by atoms with Crippen LogP contribution in [0.4, 0.5) is 0 Å². The third-order valence-electron chi connectivity index (χ3n) is 3.69. The Labute approximate surface area is 105 Å². The maximum atomic E-state index is 9.83. The van der Waals surface area contributed by atoms with Crippen LogP contribution in [0.15, 0.2) is 0 Å². The van der Waals surface area contributed by atoms with Crippen LogP contribution in [0.3, 0.4) is 0 Å². The molecule has 4 nitrogen and oxygen atoms in total. The van der Waals surface area contributed by atoms with Gasteiger partial charge in [-0.3, -0.25) is 0 Å². The minimum absolute atomic E-state index is 0.349. The third kappa shape index (κ3) is 5.34. The van der Waals surface area contributed by atoms with Crippen LogP contribution in [-0.2, 0) is 4.74 Å². The second-order valence-electron chi connectivity index (χ2n) is 5.05. The van der Waals surface area contributed by atoms with E-state index in [9.17, 15) is 5.11 Å². The molecule has 1 fully saturated rings. The van der Waals surface area contributed by atoms with Gasteiger partial charge >= 0.3 is 0 Å². The van der Waals surface area contributed by atoms with Gasteiger partial charge in [-0.15, -0.1) is 0 Å². The van der Waals surface area contributed by atoms with Crippen molar-refractivity contribution in [1.82, 2.24) is 10.2 Å². The smallest absolute Gasteiger partial charge is 0.0900 e. The second-order valence-corrected chi connectivity index (χ2v) is 5.05. The molecular weight excluding hydrogens is 216 g/mol. The first-order chi connectivity index (χ1) is 8.17. The van der Waals surface area contributed by atoms with E-state index in [-0.39, 0.29) is 6.10 Å². The highest BCUT2D eigenvalue weighted by Crippen LogP contribution is 2.19. The lowest BCUT2D eigenvalue weighted by Crippen LogP contribution is -2.46. The lowest BCUT2D eigenvalue weighted by Gasteiger charge is -2.36. The molecule has 0 bridgehead atoms. The van der Waals surface area contributed by atoms with Crippen LogP contribution in [0, 0.1) is 5.92 Å². The summed E-state index contributed by atoms with van der Waals surface area (Å²) in [5, 5.41) is 13.2. The number of nitrogens with one attached hydrogen (secondary N) is 1. The van der Waals surface area contributed by atoms with Gasteiger partial charge in [0.05, 0.1) is 12.7 Å². The lowest BCUT2D eigenvalue weighted by molar-refractivity contribution is 0.0112. The summed E-state index contributed by atoms with van der Waals surface area (Å²) < 4.78 is 5.24. The molecule has 1 aliphatic heterocycles. The quantitative estimate of drug-likeness (QED) is 0.692. The zero-order valence-electron chi connectivity index (χ0n) is 11.5. The molecule has 0 aromatic carbocycles. The number of piperidine rings is 1. The Morgan fingerprint density at radius 1 is 1.53 bits per heavy atom. The maximum absolute atomic E-state index is 9.83. The minimum atomic E-state index is -0.349. The molecule has 1 heterocycles. The molecule has 3 atom stereocenters. The molecule has 102 valence electrons. The highest BCUT2D eigenvalue weighted by atomic mass is 16.5. The van der Waals surface area contributed by atoms with Crippen molar-refractivity contribution >= 4 is 0 Å². The fraction of sp³-hybridized carbons (Fsp3) is 1.00. The number of β-amino-alcohol motifs (C(OH)–C–C–N with tert-alkyl or cyclic N) is 1. The van der Waals surface area contributed by atoms with E-state index in [2.05, 4.69) is 17.1 Å². The zero-order valence-corrected chi connectivity index (χ0v) is 11.5. The molecule has 0 spiro atoms. The standard InChI is InChI=1S/C13H28N2O2/c1-4-17-10-13(16)9-15-7-5-6-12(8-15)11(2)14-3/h11-14,16H,4-10H2,1-3H3. The average molecular weight is 244 g/mol. The molecule has 0 saturated carbocycles. The summed E-state index contributed by atoms with van der Waals surface area (Å²) in [6, 6.07) is 0.557. The SMILES string of the molecule is CCOCC(O)CN1CCCC(C(C)NC)C1. The van der Waals surface area contributed by atoms with Gasteiger partial charge in [0.15, 0.2) is 0 Å². The summed E-state index contributed by atoms with van der Waals surface area (Å²) in [7, 11) is 2.02. The fourth-order valence-electron chi connectivity index (χ4n) is 2.51. The Hall–Kier alpha value is -0.160. The number of hydrogen-bond donors (Lipinski definition) is 2. The molecule has 0 aliphatic carbocycles. The van der Waals surface area contributed by atoms with Gasteiger partial charge in [-0.05, 0) is 46.2 Å². The van der Waals surface area contributed by atoms with Gasteiger partial charge in [-0.25, -0.2) is 0 Å². The monoisotopic (exact) mass is 244 g/mol. The number of aliphatic hydroxyl groups excluding tert-OH is 1. The maximum Gasteiger partial charge on any atom is 0.0900 e. The topological polar surface area (TPSA) is 44.7 Å². The predicted molar refractivity (Wildman–Crippen MR) is 70.2 cm³/mol. The molecule has 4 heteroatoms. The summed E-state index contributed by atoms with van der Waals surface area (Å²) >= 11 is 0. The van der Waals surface area contributed by atoms with Crippen LogP contribution in [-0.4, -0.2) is 62.0 Å². The van der Waals surface area contributed by atoms with Crippen LogP contribution in [0.5, 0.6) is 0 Å². The molecule has 0 aromatic heterocycles. The van der Waals surface area contributed by atoms with E-state index in [1.807, 2.05) is 14.0 Å². The van der Waals surface area contributed by atoms with Crippen LogP contribution in [0.25, 0.3) is 0 Å². The summed E-state index contributed by atoms with van der Waals surface area (Å²) in [5.74, 6) is 0.702. The minimum Gasteiger partial charge on any atom is -0.389 e. The second kappa shape index (κ2) is 8.03. The Balaban J connectivity index is 2.28. The van der Waals surface area contributed by atoms with Crippen molar-refractivity contribution in [3.05, 3.63) is 0 Å². The highest BCUT2D eigenvalue weighted by Gasteiger charge is 2.24. The first-order valence-corrected chi connectivity index (χ1v) is 6.82. The Bertz CT molecular complexity index is 202. The van der Waals surface area contributed by atoms with Gasteiger partial charge in [-0.2, -0.15) is 0 Å². The number of ether oxygens (including phenoxy) is 1.